The Bertz CT molecular complexity index is 795. The van der Waals surface area contributed by atoms with Crippen LogP contribution < -0.4 is 14.9 Å². The molecular weight excluding hydrogens is 368 g/mol. The van der Waals surface area contributed by atoms with Crippen LogP contribution in [0.25, 0.3) is 0 Å². The first-order valence-electron chi connectivity index (χ1n) is 7.83. The van der Waals surface area contributed by atoms with Crippen LogP contribution in [0.5, 0.6) is 11.5 Å². The van der Waals surface area contributed by atoms with Crippen molar-refractivity contribution in [3.8, 4) is 11.5 Å². The van der Waals surface area contributed by atoms with Crippen molar-refractivity contribution < 1.29 is 31.8 Å². The summed E-state index contributed by atoms with van der Waals surface area (Å²) in [7, 11) is 0. The van der Waals surface area contributed by atoms with Crippen LogP contribution in [0, 0.1) is 0 Å². The maximum absolute atomic E-state index is 12.8. The summed E-state index contributed by atoms with van der Waals surface area (Å²) in [5.41, 5.74) is 3.00. The van der Waals surface area contributed by atoms with Gasteiger partial charge in [-0.05, 0) is 43.3 Å². The third-order valence-electron chi connectivity index (χ3n) is 3.21. The van der Waals surface area contributed by atoms with Gasteiger partial charge in [0.1, 0.15) is 11.5 Å². The number of amides is 1. The fraction of sp³-hybridized carbons (Fsp3) is 0.222. The van der Waals surface area contributed by atoms with E-state index < -0.39 is 24.2 Å². The summed E-state index contributed by atoms with van der Waals surface area (Å²) in [5.74, 6) is -0.516. The zero-order valence-corrected chi connectivity index (χ0v) is 14.2. The quantitative estimate of drug-likeness (QED) is 0.424. The van der Waals surface area contributed by atoms with Crippen LogP contribution in [0.2, 0.25) is 0 Å². The van der Waals surface area contributed by atoms with E-state index in [0.29, 0.717) is 17.9 Å². The Balaban J connectivity index is 1.98. The molecule has 0 heterocycles. The van der Waals surface area contributed by atoms with Crippen LogP contribution >= 0.6 is 0 Å². The first-order valence-corrected chi connectivity index (χ1v) is 7.83. The lowest BCUT2D eigenvalue weighted by molar-refractivity contribution is -0.253. The highest BCUT2D eigenvalue weighted by molar-refractivity contribution is 5.95. The Morgan fingerprint density at radius 1 is 1.19 bits per heavy atom. The zero-order valence-electron chi connectivity index (χ0n) is 14.2. The van der Waals surface area contributed by atoms with Gasteiger partial charge in [0, 0.05) is 11.1 Å². The number of nitrogens with zero attached hydrogens (tertiary/aromatic N) is 1. The molecule has 0 saturated carbocycles. The summed E-state index contributed by atoms with van der Waals surface area (Å²) in [5, 5.41) is 3.81. The number of ether oxygens (including phenoxy) is 2. The van der Waals surface area contributed by atoms with Gasteiger partial charge < -0.3 is 9.47 Å². The normalized spacial score (nSPS) is 11.6. The van der Waals surface area contributed by atoms with Crippen molar-refractivity contribution in [2.45, 2.75) is 19.5 Å². The largest absolute Gasteiger partial charge is 0.493 e. The van der Waals surface area contributed by atoms with Crippen molar-refractivity contribution >= 4 is 12.1 Å². The fourth-order valence-electron chi connectivity index (χ4n) is 1.98. The van der Waals surface area contributed by atoms with Crippen LogP contribution in [-0.4, -0.2) is 31.3 Å². The molecule has 1 N–H and O–H groups in total. The monoisotopic (exact) mass is 384 g/mol. The van der Waals surface area contributed by atoms with Crippen molar-refractivity contribution in [2.75, 3.05) is 6.61 Å². The third kappa shape index (κ3) is 5.70. The second kappa shape index (κ2) is 9.02. The number of alkyl halides is 4. The van der Waals surface area contributed by atoms with E-state index in [0.717, 1.165) is 24.3 Å². The van der Waals surface area contributed by atoms with Gasteiger partial charge >= 0.3 is 12.5 Å². The molecule has 27 heavy (non-hydrogen) atoms. The molecule has 0 aliphatic rings. The molecule has 2 aromatic rings. The highest BCUT2D eigenvalue weighted by atomic mass is 19.3. The molecule has 0 aliphatic carbocycles. The number of nitrogens with one attached hydrogen (secondary N) is 1. The number of hydrazone groups is 1. The second-order valence-corrected chi connectivity index (χ2v) is 5.16. The van der Waals surface area contributed by atoms with E-state index in [-0.39, 0.29) is 5.56 Å². The number of hydrogen-bond acceptors (Lipinski definition) is 4. The van der Waals surface area contributed by atoms with Gasteiger partial charge in [0.15, 0.2) is 0 Å². The molecule has 0 atom stereocenters. The van der Waals surface area contributed by atoms with Crippen molar-refractivity contribution in [1.82, 2.24) is 5.43 Å². The van der Waals surface area contributed by atoms with E-state index >= 15 is 0 Å². The average Bonchev–Trinajstić information content (AvgIpc) is 2.63. The molecule has 0 radical (unpaired) electrons. The van der Waals surface area contributed by atoms with Crippen LogP contribution in [0.15, 0.2) is 53.6 Å². The lowest BCUT2D eigenvalue weighted by atomic mass is 10.2. The van der Waals surface area contributed by atoms with E-state index in [1.807, 2.05) is 6.92 Å². The lowest BCUT2D eigenvalue weighted by Gasteiger charge is -2.16. The number of carbonyl (C=O) groups excluding carboxylic acids is 1. The number of benzene rings is 2. The molecule has 2 rings (SSSR count). The fourth-order valence-corrected chi connectivity index (χ4v) is 1.98. The lowest BCUT2D eigenvalue weighted by Crippen LogP contribution is -2.33. The number of para-hydroxylation sites is 1. The minimum Gasteiger partial charge on any atom is -0.493 e. The summed E-state index contributed by atoms with van der Waals surface area (Å²) in [6, 6.07) is 11.3. The maximum Gasteiger partial charge on any atom is 0.461 e. The Hall–Kier alpha value is -3.10. The van der Waals surface area contributed by atoms with Gasteiger partial charge in [-0.2, -0.15) is 22.7 Å². The van der Waals surface area contributed by atoms with E-state index in [4.69, 9.17) is 4.74 Å². The SMILES string of the molecule is CCOc1ccccc1/C=N/NC(=O)c1ccc(OC(F)(F)C(F)F)cc1. The molecule has 0 unspecified atom stereocenters. The molecule has 0 bridgehead atoms. The smallest absolute Gasteiger partial charge is 0.461 e. The Labute approximate surface area is 152 Å². The topological polar surface area (TPSA) is 59.9 Å². The molecule has 9 heteroatoms. The molecule has 1 amide bonds. The second-order valence-electron chi connectivity index (χ2n) is 5.16. The van der Waals surface area contributed by atoms with Gasteiger partial charge in [0.05, 0.1) is 12.8 Å². The van der Waals surface area contributed by atoms with Crippen LogP contribution in [0.4, 0.5) is 17.6 Å². The van der Waals surface area contributed by atoms with Crippen molar-refractivity contribution in [3.63, 3.8) is 0 Å². The summed E-state index contributed by atoms with van der Waals surface area (Å²) >= 11 is 0. The van der Waals surface area contributed by atoms with Gasteiger partial charge in [-0.15, -0.1) is 0 Å². The number of carbonyl (C=O) groups is 1. The summed E-state index contributed by atoms with van der Waals surface area (Å²) in [6.07, 6.45) is -7.18. The molecule has 0 aliphatic heterocycles. The van der Waals surface area contributed by atoms with Gasteiger partial charge in [0.2, 0.25) is 0 Å². The first kappa shape index (κ1) is 20.2. The third-order valence-corrected chi connectivity index (χ3v) is 3.21. The standard InChI is InChI=1S/C18H16F4N2O3/c1-2-26-15-6-4-3-5-13(15)11-23-24-16(25)12-7-9-14(10-8-12)27-18(21,22)17(19)20/h3-11,17H,2H2,1H3,(H,24,25)/b23-11+. The van der Waals surface area contributed by atoms with Crippen molar-refractivity contribution in [3.05, 3.63) is 59.7 Å². The molecule has 2 aromatic carbocycles. The zero-order chi connectivity index (χ0) is 19.9. The minimum absolute atomic E-state index is 0.0814. The van der Waals surface area contributed by atoms with E-state index in [1.165, 1.54) is 6.21 Å². The average molecular weight is 384 g/mol. The summed E-state index contributed by atoms with van der Waals surface area (Å²) < 4.78 is 59.2. The van der Waals surface area contributed by atoms with Gasteiger partial charge in [-0.1, -0.05) is 12.1 Å². The Morgan fingerprint density at radius 2 is 1.85 bits per heavy atom. The Morgan fingerprint density at radius 3 is 2.48 bits per heavy atom. The molecule has 0 spiro atoms. The molecule has 0 saturated heterocycles. The van der Waals surface area contributed by atoms with Crippen molar-refractivity contribution in [1.29, 1.82) is 0 Å². The molecule has 5 nitrogen and oxygen atoms in total. The first-order chi connectivity index (χ1) is 12.8. The van der Waals surface area contributed by atoms with E-state index in [1.54, 1.807) is 24.3 Å². The predicted octanol–water partition coefficient (Wildman–Crippen LogP) is 4.09. The van der Waals surface area contributed by atoms with Gasteiger partial charge in [0.25, 0.3) is 5.91 Å². The van der Waals surface area contributed by atoms with Crippen LogP contribution in [-0.2, 0) is 0 Å². The molecule has 0 aromatic heterocycles. The van der Waals surface area contributed by atoms with Crippen LogP contribution in [0.3, 0.4) is 0 Å². The highest BCUT2D eigenvalue weighted by Gasteiger charge is 2.43. The van der Waals surface area contributed by atoms with Gasteiger partial charge in [-0.25, -0.2) is 5.43 Å². The Kier molecular flexibility index (Phi) is 6.75. The number of hydrogen-bond donors (Lipinski definition) is 1. The van der Waals surface area contributed by atoms with E-state index in [2.05, 4.69) is 15.3 Å². The predicted molar refractivity (Wildman–Crippen MR) is 90.7 cm³/mol. The maximum atomic E-state index is 12.8. The van der Waals surface area contributed by atoms with Crippen molar-refractivity contribution in [2.24, 2.45) is 5.10 Å². The summed E-state index contributed by atoms with van der Waals surface area (Å²) in [6.45, 7) is 2.30. The number of halogens is 4. The van der Waals surface area contributed by atoms with Crippen LogP contribution in [0.1, 0.15) is 22.8 Å². The molecular formula is C18H16F4N2O3. The molecule has 144 valence electrons. The van der Waals surface area contributed by atoms with E-state index in [9.17, 15) is 22.4 Å². The summed E-state index contributed by atoms with van der Waals surface area (Å²) in [4.78, 5) is 12.0. The minimum atomic E-state index is -4.61. The molecule has 0 fully saturated rings. The highest BCUT2D eigenvalue weighted by Crippen LogP contribution is 2.27. The van der Waals surface area contributed by atoms with Gasteiger partial charge in [-0.3, -0.25) is 4.79 Å². The number of rotatable bonds is 8.